The number of urea groups is 1. The second kappa shape index (κ2) is 6.37. The Hall–Kier alpha value is -2.80. The lowest BCUT2D eigenvalue weighted by Gasteiger charge is -2.11. The summed E-state index contributed by atoms with van der Waals surface area (Å²) in [5.41, 5.74) is 8.99. The molecule has 0 unspecified atom stereocenters. The summed E-state index contributed by atoms with van der Waals surface area (Å²) in [4.78, 5) is 24.2. The molecule has 3 N–H and O–H groups in total. The van der Waals surface area contributed by atoms with Crippen LogP contribution in [0.4, 0.5) is 10.5 Å². The Kier molecular flexibility index (Phi) is 4.26. The van der Waals surface area contributed by atoms with E-state index in [1.165, 1.54) is 0 Å². The number of aryl methyl sites for hydroxylation is 3. The number of carbonyl (C=O) groups excluding carboxylic acids is 2. The third-order valence-corrected chi connectivity index (χ3v) is 4.68. The first kappa shape index (κ1) is 16.1. The fraction of sp³-hybridized carbons (Fsp3) is 0.176. The number of fused-ring (bicyclic) bond motifs is 1. The monoisotopic (exact) mass is 342 g/mol. The van der Waals surface area contributed by atoms with Gasteiger partial charge in [-0.1, -0.05) is 12.1 Å². The van der Waals surface area contributed by atoms with Crippen LogP contribution in [0.3, 0.4) is 0 Å². The number of nitrogens with zero attached hydrogens (tertiary/aromatic N) is 1. The maximum Gasteiger partial charge on any atom is 0.337 e. The minimum absolute atomic E-state index is 0.364. The average Bonchev–Trinajstić information content (AvgIpc) is 3.12. The summed E-state index contributed by atoms with van der Waals surface area (Å²) >= 11 is 1.57. The van der Waals surface area contributed by atoms with Gasteiger partial charge in [-0.3, -0.25) is 10.2 Å². The molecule has 6 nitrogen and oxygen atoms in total. The van der Waals surface area contributed by atoms with E-state index >= 15 is 0 Å². The maximum atomic E-state index is 12.2. The van der Waals surface area contributed by atoms with Crippen molar-refractivity contribution in [2.45, 2.75) is 13.8 Å². The number of amides is 3. The van der Waals surface area contributed by atoms with Crippen LogP contribution in [0.5, 0.6) is 0 Å². The van der Waals surface area contributed by atoms with Gasteiger partial charge in [0.1, 0.15) is 5.69 Å². The van der Waals surface area contributed by atoms with E-state index < -0.39 is 6.03 Å². The molecule has 24 heavy (non-hydrogen) atoms. The topological polar surface area (TPSA) is 75.2 Å². The third-order valence-electron chi connectivity index (χ3n) is 3.83. The van der Waals surface area contributed by atoms with Gasteiger partial charge in [-0.25, -0.2) is 10.2 Å². The first-order valence-corrected chi connectivity index (χ1v) is 8.31. The number of nitrogens with one attached hydrogen (secondary N) is 3. The van der Waals surface area contributed by atoms with Gasteiger partial charge in [0.25, 0.3) is 5.91 Å². The molecule has 124 valence electrons. The molecule has 0 spiro atoms. The van der Waals surface area contributed by atoms with E-state index in [0.29, 0.717) is 11.4 Å². The van der Waals surface area contributed by atoms with Gasteiger partial charge in [0.05, 0.1) is 10.2 Å². The van der Waals surface area contributed by atoms with E-state index in [1.54, 1.807) is 22.0 Å². The lowest BCUT2D eigenvalue weighted by molar-refractivity contribution is 0.0930. The van der Waals surface area contributed by atoms with Gasteiger partial charge in [-0.05, 0) is 48.6 Å². The number of hydrogen-bond donors (Lipinski definition) is 3. The minimum atomic E-state index is -0.493. The summed E-state index contributed by atoms with van der Waals surface area (Å²) in [6.07, 6.45) is 0. The molecule has 0 saturated heterocycles. The number of thiophene rings is 1. The number of aromatic nitrogens is 1. The maximum absolute atomic E-state index is 12.2. The summed E-state index contributed by atoms with van der Waals surface area (Å²) in [6.45, 7) is 3.86. The molecular weight excluding hydrogens is 324 g/mol. The van der Waals surface area contributed by atoms with E-state index in [0.717, 1.165) is 21.3 Å². The average molecular weight is 342 g/mol. The Bertz CT molecular complexity index is 926. The number of rotatable bonds is 2. The third kappa shape index (κ3) is 3.11. The van der Waals surface area contributed by atoms with E-state index in [9.17, 15) is 9.59 Å². The summed E-state index contributed by atoms with van der Waals surface area (Å²) in [5.74, 6) is -0.364. The molecule has 0 aliphatic carbocycles. The van der Waals surface area contributed by atoms with Crippen LogP contribution < -0.4 is 16.2 Å². The van der Waals surface area contributed by atoms with Crippen molar-refractivity contribution in [1.29, 1.82) is 0 Å². The first-order valence-electron chi connectivity index (χ1n) is 7.43. The van der Waals surface area contributed by atoms with Gasteiger partial charge in [-0.15, -0.1) is 11.3 Å². The van der Waals surface area contributed by atoms with Crippen molar-refractivity contribution in [3.05, 3.63) is 52.5 Å². The Balaban J connectivity index is 1.63. The predicted molar refractivity (Wildman–Crippen MR) is 96.3 cm³/mol. The Morgan fingerprint density at radius 2 is 1.88 bits per heavy atom. The largest absolute Gasteiger partial charge is 0.339 e. The van der Waals surface area contributed by atoms with Crippen molar-refractivity contribution in [2.24, 2.45) is 7.05 Å². The molecule has 0 aliphatic rings. The Labute approximate surface area is 143 Å². The van der Waals surface area contributed by atoms with Crippen LogP contribution in [-0.2, 0) is 7.05 Å². The van der Waals surface area contributed by atoms with Crippen molar-refractivity contribution in [3.8, 4) is 0 Å². The number of anilines is 1. The summed E-state index contributed by atoms with van der Waals surface area (Å²) in [5, 5.41) is 4.70. The molecule has 0 aliphatic heterocycles. The molecule has 0 saturated carbocycles. The lowest BCUT2D eigenvalue weighted by Crippen LogP contribution is -2.44. The Morgan fingerprint density at radius 3 is 2.62 bits per heavy atom. The standard InChI is InChI=1S/C17H18N4O2S/c1-10-4-5-11(2)12(8-10)18-17(23)20-19-16(22)14-9-15-13(21(14)3)6-7-24-15/h4-9H,1-3H3,(H,19,22)(H2,18,20,23). The Morgan fingerprint density at radius 1 is 1.08 bits per heavy atom. The summed E-state index contributed by atoms with van der Waals surface area (Å²) in [7, 11) is 1.82. The van der Waals surface area contributed by atoms with Crippen LogP contribution in [-0.4, -0.2) is 16.5 Å². The zero-order valence-electron chi connectivity index (χ0n) is 13.6. The van der Waals surface area contributed by atoms with Crippen molar-refractivity contribution in [3.63, 3.8) is 0 Å². The van der Waals surface area contributed by atoms with Crippen LogP contribution in [0.15, 0.2) is 35.7 Å². The molecule has 3 rings (SSSR count). The van der Waals surface area contributed by atoms with Gasteiger partial charge in [-0.2, -0.15) is 0 Å². The normalized spacial score (nSPS) is 10.6. The SMILES string of the molecule is Cc1ccc(C)c(NC(=O)NNC(=O)c2cc3sccc3n2C)c1. The quantitative estimate of drug-likeness (QED) is 0.625. The molecule has 7 heteroatoms. The molecule has 0 atom stereocenters. The molecule has 3 amide bonds. The summed E-state index contributed by atoms with van der Waals surface area (Å²) in [6, 6.07) is 9.05. The van der Waals surface area contributed by atoms with Crippen molar-refractivity contribution >= 4 is 39.2 Å². The first-order chi connectivity index (χ1) is 11.5. The highest BCUT2D eigenvalue weighted by Gasteiger charge is 2.14. The highest BCUT2D eigenvalue weighted by molar-refractivity contribution is 7.17. The van der Waals surface area contributed by atoms with Gasteiger partial charge in [0.15, 0.2) is 0 Å². The molecule has 2 heterocycles. The fourth-order valence-corrected chi connectivity index (χ4v) is 3.32. The number of hydrazine groups is 1. The minimum Gasteiger partial charge on any atom is -0.339 e. The number of benzene rings is 1. The molecule has 0 fully saturated rings. The highest BCUT2D eigenvalue weighted by Crippen LogP contribution is 2.23. The van der Waals surface area contributed by atoms with Crippen molar-refractivity contribution in [1.82, 2.24) is 15.4 Å². The highest BCUT2D eigenvalue weighted by atomic mass is 32.1. The van der Waals surface area contributed by atoms with Gasteiger partial charge in [0, 0.05) is 12.7 Å². The molecule has 2 aromatic heterocycles. The van der Waals surface area contributed by atoms with Crippen LogP contribution >= 0.6 is 11.3 Å². The van der Waals surface area contributed by atoms with Crippen LogP contribution in [0.25, 0.3) is 10.2 Å². The second-order valence-electron chi connectivity index (χ2n) is 5.61. The van der Waals surface area contributed by atoms with Crippen molar-refractivity contribution < 1.29 is 9.59 Å². The van der Waals surface area contributed by atoms with E-state index in [-0.39, 0.29) is 5.91 Å². The van der Waals surface area contributed by atoms with Crippen LogP contribution in [0.1, 0.15) is 21.6 Å². The van der Waals surface area contributed by atoms with Crippen LogP contribution in [0.2, 0.25) is 0 Å². The number of hydrogen-bond acceptors (Lipinski definition) is 3. The molecule has 0 radical (unpaired) electrons. The zero-order valence-corrected chi connectivity index (χ0v) is 14.5. The zero-order chi connectivity index (χ0) is 17.3. The smallest absolute Gasteiger partial charge is 0.337 e. The van der Waals surface area contributed by atoms with Gasteiger partial charge >= 0.3 is 6.03 Å². The van der Waals surface area contributed by atoms with Crippen molar-refractivity contribution in [2.75, 3.05) is 5.32 Å². The van der Waals surface area contributed by atoms with E-state index in [1.807, 2.05) is 50.5 Å². The van der Waals surface area contributed by atoms with E-state index in [2.05, 4.69) is 16.2 Å². The molecule has 1 aromatic carbocycles. The number of carbonyl (C=O) groups is 2. The van der Waals surface area contributed by atoms with E-state index in [4.69, 9.17) is 0 Å². The van der Waals surface area contributed by atoms with Crippen LogP contribution in [0, 0.1) is 13.8 Å². The second-order valence-corrected chi connectivity index (χ2v) is 6.56. The molecule has 0 bridgehead atoms. The fourth-order valence-electron chi connectivity index (χ4n) is 2.47. The lowest BCUT2D eigenvalue weighted by atomic mass is 10.1. The molecular formula is C17H18N4O2S. The molecule has 3 aromatic rings. The van der Waals surface area contributed by atoms with Gasteiger partial charge < -0.3 is 9.88 Å². The summed E-state index contributed by atoms with van der Waals surface area (Å²) < 4.78 is 2.83. The van der Waals surface area contributed by atoms with Gasteiger partial charge in [0.2, 0.25) is 0 Å². The predicted octanol–water partition coefficient (Wildman–Crippen LogP) is 3.32.